The number of nitrogens with one attached hydrogen (secondary N) is 2. The summed E-state index contributed by atoms with van der Waals surface area (Å²) in [6, 6.07) is 13.7. The molecular formula is C23H25ClF3N3O3. The quantitative estimate of drug-likeness (QED) is 0.429. The van der Waals surface area contributed by atoms with Crippen molar-refractivity contribution in [2.75, 3.05) is 6.54 Å². The van der Waals surface area contributed by atoms with E-state index in [9.17, 15) is 18.0 Å². The van der Waals surface area contributed by atoms with Crippen molar-refractivity contribution in [1.82, 2.24) is 10.3 Å². The molecule has 33 heavy (non-hydrogen) atoms. The van der Waals surface area contributed by atoms with Crippen molar-refractivity contribution in [2.45, 2.75) is 39.9 Å². The molecule has 0 unspecified atom stereocenters. The van der Waals surface area contributed by atoms with Crippen LogP contribution >= 0.6 is 11.6 Å². The van der Waals surface area contributed by atoms with Crippen LogP contribution < -0.4 is 14.8 Å². The van der Waals surface area contributed by atoms with Crippen molar-refractivity contribution >= 4 is 28.9 Å². The van der Waals surface area contributed by atoms with Gasteiger partial charge in [-0.1, -0.05) is 50.6 Å². The maximum absolute atomic E-state index is 12.9. The number of hydrogen-bond acceptors (Lipinski definition) is 4. The second kappa shape index (κ2) is 10.4. The first-order valence-corrected chi connectivity index (χ1v) is 10.4. The molecule has 0 saturated carbocycles. The Kier molecular flexibility index (Phi) is 8.26. The summed E-state index contributed by atoms with van der Waals surface area (Å²) in [5, 5.41) is 12.8. The Morgan fingerprint density at radius 3 is 2.33 bits per heavy atom. The molecule has 2 aromatic heterocycles. The first kappa shape index (κ1) is 26.3. The van der Waals surface area contributed by atoms with Crippen LogP contribution in [0.1, 0.15) is 38.3 Å². The van der Waals surface area contributed by atoms with Gasteiger partial charge < -0.3 is 15.2 Å². The number of rotatable bonds is 5. The number of aromatic amines is 1. The number of H-pyrrole nitrogens is 1. The molecule has 178 valence electrons. The summed E-state index contributed by atoms with van der Waals surface area (Å²) in [7, 11) is 0. The number of fused-ring (bicyclic) bond motifs is 1. The minimum Gasteiger partial charge on any atom is -0.542 e. The van der Waals surface area contributed by atoms with E-state index in [0.29, 0.717) is 10.8 Å². The van der Waals surface area contributed by atoms with Crippen molar-refractivity contribution < 1.29 is 32.3 Å². The van der Waals surface area contributed by atoms with Gasteiger partial charge in [-0.05, 0) is 36.6 Å². The average molecular weight is 484 g/mol. The Morgan fingerprint density at radius 2 is 1.79 bits per heavy atom. The van der Waals surface area contributed by atoms with Gasteiger partial charge in [0, 0.05) is 16.6 Å². The highest BCUT2D eigenvalue weighted by Gasteiger charge is 2.29. The van der Waals surface area contributed by atoms with Gasteiger partial charge in [0.2, 0.25) is 0 Å². The van der Waals surface area contributed by atoms with E-state index in [0.717, 1.165) is 16.8 Å². The lowest BCUT2D eigenvalue weighted by molar-refractivity contribution is -0.513. The number of imidazole rings is 1. The molecule has 2 N–H and O–H groups in total. The van der Waals surface area contributed by atoms with Gasteiger partial charge >= 0.3 is 12.0 Å². The summed E-state index contributed by atoms with van der Waals surface area (Å²) in [6.45, 7) is 8.86. The number of ketones is 1. The highest BCUT2D eigenvalue weighted by molar-refractivity contribution is 6.30. The predicted molar refractivity (Wildman–Crippen MR) is 117 cm³/mol. The molecule has 0 fully saturated rings. The molecule has 2 heterocycles. The second-order valence-electron chi connectivity index (χ2n) is 8.49. The Bertz CT molecular complexity index is 1140. The first-order chi connectivity index (χ1) is 15.2. The summed E-state index contributed by atoms with van der Waals surface area (Å²) >= 11 is 6.14. The maximum atomic E-state index is 12.9. The molecule has 0 amide bonds. The number of carbonyl (C=O) groups is 2. The monoisotopic (exact) mass is 483 g/mol. The van der Waals surface area contributed by atoms with Gasteiger partial charge in [0.25, 0.3) is 5.78 Å². The number of halogens is 4. The van der Waals surface area contributed by atoms with E-state index in [2.05, 4.69) is 38.0 Å². The van der Waals surface area contributed by atoms with Gasteiger partial charge in [-0.15, -0.1) is 0 Å². The Morgan fingerprint density at radius 1 is 1.15 bits per heavy atom. The smallest absolute Gasteiger partial charge is 0.430 e. The molecule has 1 aromatic carbocycles. The van der Waals surface area contributed by atoms with Gasteiger partial charge in [0.15, 0.2) is 11.2 Å². The number of aromatic nitrogens is 2. The molecule has 0 bridgehead atoms. The molecule has 3 rings (SSSR count). The molecule has 0 radical (unpaired) electrons. The van der Waals surface area contributed by atoms with Crippen molar-refractivity contribution in [3.63, 3.8) is 0 Å². The molecular weight excluding hydrogens is 459 g/mol. The topological polar surface area (TPSA) is 89.1 Å². The molecule has 0 saturated heterocycles. The number of carboxylic acids is 1. The zero-order chi connectivity index (χ0) is 25.0. The third kappa shape index (κ3) is 7.03. The van der Waals surface area contributed by atoms with Crippen LogP contribution in [0.15, 0.2) is 48.7 Å². The van der Waals surface area contributed by atoms with Crippen LogP contribution in [0.2, 0.25) is 5.02 Å². The van der Waals surface area contributed by atoms with Crippen LogP contribution in [-0.4, -0.2) is 35.5 Å². The van der Waals surface area contributed by atoms with Gasteiger partial charge in [-0.3, -0.25) is 4.79 Å². The number of aliphatic carboxylic acids is 1. The standard InChI is InChI=1S/C21H24ClN3O.C2HF3O2/c1-14(21(2,3)4)23-13-18(26)20-24-19(15-8-7-9-16(22)12-15)17-10-5-6-11-25(17)20;3-2(4,5)1(6)7/h5-12,14,23H,13H2,1-4H3;(H,6,7)/t14-;/m1./s1. The number of carbonyl (C=O) groups excluding carboxylic acids is 2. The number of carboxylic acid groups (broad SMARTS) is 1. The zero-order valence-corrected chi connectivity index (χ0v) is 19.3. The molecule has 0 spiro atoms. The van der Waals surface area contributed by atoms with E-state index in [1.807, 2.05) is 53.1 Å². The largest absolute Gasteiger partial charge is 0.542 e. The van der Waals surface area contributed by atoms with Gasteiger partial charge in [0.05, 0.1) is 12.7 Å². The van der Waals surface area contributed by atoms with Crippen LogP contribution in [0.4, 0.5) is 13.2 Å². The summed E-state index contributed by atoms with van der Waals surface area (Å²) in [5.74, 6) is -2.42. The SMILES string of the molecule is C[C@@H](NCC(=O)c1[nH]c(-c2cccc(Cl)c2)c2cccc[n+]12)C(C)(C)C.O=C([O-])C(F)(F)F. The van der Waals surface area contributed by atoms with Crippen LogP contribution in [0, 0.1) is 5.41 Å². The van der Waals surface area contributed by atoms with Crippen molar-refractivity contribution in [3.05, 3.63) is 59.5 Å². The molecule has 1 atom stereocenters. The lowest BCUT2D eigenvalue weighted by atomic mass is 9.88. The molecule has 3 aromatic rings. The van der Waals surface area contributed by atoms with E-state index in [-0.39, 0.29) is 23.8 Å². The number of alkyl halides is 3. The fourth-order valence-corrected chi connectivity index (χ4v) is 2.98. The Labute approximate surface area is 194 Å². The van der Waals surface area contributed by atoms with E-state index < -0.39 is 12.1 Å². The predicted octanol–water partition coefficient (Wildman–Crippen LogP) is 3.58. The van der Waals surface area contributed by atoms with Crippen LogP contribution in [-0.2, 0) is 4.79 Å². The van der Waals surface area contributed by atoms with Crippen molar-refractivity contribution in [2.24, 2.45) is 5.41 Å². The molecule has 0 aliphatic rings. The summed E-state index contributed by atoms with van der Waals surface area (Å²) in [5.41, 5.74) is 2.88. The number of pyridine rings is 1. The highest BCUT2D eigenvalue weighted by Crippen LogP contribution is 2.24. The minimum atomic E-state index is -5.19. The Hall–Kier alpha value is -2.91. The van der Waals surface area contributed by atoms with Crippen LogP contribution in [0.3, 0.4) is 0 Å². The van der Waals surface area contributed by atoms with E-state index in [1.54, 1.807) is 0 Å². The van der Waals surface area contributed by atoms with E-state index in [1.165, 1.54) is 0 Å². The number of hydrogen-bond donors (Lipinski definition) is 2. The number of Topliss-reactive ketones (excluding diaryl/α,β-unsaturated/α-hetero) is 1. The summed E-state index contributed by atoms with van der Waals surface area (Å²) in [6.07, 6.45) is -3.29. The molecule has 0 aliphatic heterocycles. The minimum absolute atomic E-state index is 0.0237. The van der Waals surface area contributed by atoms with Crippen LogP contribution in [0.5, 0.6) is 0 Å². The van der Waals surface area contributed by atoms with Gasteiger partial charge in [-0.2, -0.15) is 17.6 Å². The van der Waals surface area contributed by atoms with Gasteiger partial charge in [-0.25, -0.2) is 4.98 Å². The first-order valence-electron chi connectivity index (χ1n) is 10.0. The molecule has 6 nitrogen and oxygen atoms in total. The maximum Gasteiger partial charge on any atom is 0.430 e. The number of benzene rings is 1. The normalized spacial score (nSPS) is 12.7. The van der Waals surface area contributed by atoms with Crippen LogP contribution in [0.25, 0.3) is 16.8 Å². The third-order valence-electron chi connectivity index (χ3n) is 5.08. The third-order valence-corrected chi connectivity index (χ3v) is 5.31. The fraction of sp³-hybridized carbons (Fsp3) is 0.348. The van der Waals surface area contributed by atoms with E-state index >= 15 is 0 Å². The summed E-state index contributed by atoms with van der Waals surface area (Å²) < 4.78 is 33.5. The Balaban J connectivity index is 0.000000479. The lowest BCUT2D eigenvalue weighted by Gasteiger charge is -2.27. The zero-order valence-electron chi connectivity index (χ0n) is 18.6. The lowest BCUT2D eigenvalue weighted by Crippen LogP contribution is -2.42. The molecule has 10 heteroatoms. The second-order valence-corrected chi connectivity index (χ2v) is 8.93. The number of nitrogens with zero attached hydrogens (tertiary/aromatic N) is 1. The van der Waals surface area contributed by atoms with Crippen molar-refractivity contribution in [1.29, 1.82) is 0 Å². The average Bonchev–Trinajstić information content (AvgIpc) is 3.10. The van der Waals surface area contributed by atoms with Gasteiger partial charge in [0.1, 0.15) is 5.97 Å². The van der Waals surface area contributed by atoms with E-state index in [4.69, 9.17) is 21.5 Å². The fourth-order valence-electron chi connectivity index (χ4n) is 2.79. The summed E-state index contributed by atoms with van der Waals surface area (Å²) in [4.78, 5) is 25.0. The molecule has 0 aliphatic carbocycles. The van der Waals surface area contributed by atoms with Crippen molar-refractivity contribution in [3.8, 4) is 11.3 Å². The highest BCUT2D eigenvalue weighted by atomic mass is 35.5.